The van der Waals surface area contributed by atoms with Crippen molar-refractivity contribution in [3.05, 3.63) is 0 Å². The van der Waals surface area contributed by atoms with Crippen molar-refractivity contribution in [3.63, 3.8) is 0 Å². The highest BCUT2D eigenvalue weighted by Crippen LogP contribution is 2.69. The van der Waals surface area contributed by atoms with Crippen molar-refractivity contribution in [2.75, 3.05) is 0 Å². The molecule has 0 spiro atoms. The Bertz CT molecular complexity index is 817. The maximum atomic E-state index is 13.6. The summed E-state index contributed by atoms with van der Waals surface area (Å²) in [4.78, 5) is 0. The van der Waals surface area contributed by atoms with Crippen LogP contribution in [-0.2, 0) is 0 Å². The third-order valence-corrected chi connectivity index (χ3v) is 13.5. The zero-order valence-corrected chi connectivity index (χ0v) is 23.9. The van der Waals surface area contributed by atoms with Gasteiger partial charge in [0.05, 0.1) is 5.60 Å². The molecule has 0 aromatic rings. The SMILES string of the molecule is CC(C)C1CCC(O)(CCC[C@@H]2CC[C@H]3[C@@H]4CC[C@H]5C[C@](O)(C(F)(F)F)CC[C@]5(C)[C@H]4CC[C@]23C)CC1. The van der Waals surface area contributed by atoms with E-state index >= 15 is 0 Å². The van der Waals surface area contributed by atoms with Crippen LogP contribution in [0.15, 0.2) is 0 Å². The summed E-state index contributed by atoms with van der Waals surface area (Å²) in [5, 5.41) is 21.7. The topological polar surface area (TPSA) is 40.5 Å². The summed E-state index contributed by atoms with van der Waals surface area (Å²) in [6.07, 6.45) is 10.1. The van der Waals surface area contributed by atoms with Crippen molar-refractivity contribution in [1.29, 1.82) is 0 Å². The van der Waals surface area contributed by atoms with Gasteiger partial charge in [-0.3, -0.25) is 0 Å². The second kappa shape index (κ2) is 9.67. The van der Waals surface area contributed by atoms with Gasteiger partial charge in [0, 0.05) is 0 Å². The maximum Gasteiger partial charge on any atom is 0.417 e. The lowest BCUT2D eigenvalue weighted by atomic mass is 9.43. The molecule has 0 heterocycles. The number of hydrogen-bond donors (Lipinski definition) is 2. The minimum Gasteiger partial charge on any atom is -0.390 e. The Morgan fingerprint density at radius 1 is 0.784 bits per heavy atom. The van der Waals surface area contributed by atoms with Crippen molar-refractivity contribution in [3.8, 4) is 0 Å². The van der Waals surface area contributed by atoms with Gasteiger partial charge in [0.2, 0.25) is 0 Å². The first kappa shape index (κ1) is 28.2. The molecule has 5 fully saturated rings. The van der Waals surface area contributed by atoms with E-state index in [1.807, 2.05) is 0 Å². The van der Waals surface area contributed by atoms with Crippen LogP contribution in [0.2, 0.25) is 0 Å². The van der Waals surface area contributed by atoms with E-state index in [2.05, 4.69) is 27.7 Å². The van der Waals surface area contributed by atoms with Crippen molar-refractivity contribution >= 4 is 0 Å². The molecule has 0 aromatic heterocycles. The lowest BCUT2D eigenvalue weighted by Gasteiger charge is -2.62. The molecule has 0 bridgehead atoms. The minimum absolute atomic E-state index is 0.0118. The van der Waals surface area contributed by atoms with Crippen LogP contribution in [0.1, 0.15) is 130 Å². The molecule has 0 aromatic carbocycles. The van der Waals surface area contributed by atoms with Crippen LogP contribution in [0.4, 0.5) is 13.2 Å². The van der Waals surface area contributed by atoms with Crippen LogP contribution in [0.3, 0.4) is 0 Å². The fourth-order valence-corrected chi connectivity index (χ4v) is 10.9. The Hall–Kier alpha value is -0.290. The van der Waals surface area contributed by atoms with E-state index in [1.165, 1.54) is 38.5 Å². The van der Waals surface area contributed by atoms with E-state index < -0.39 is 17.4 Å². The quantitative estimate of drug-likeness (QED) is 0.376. The summed E-state index contributed by atoms with van der Waals surface area (Å²) < 4.78 is 40.9. The van der Waals surface area contributed by atoms with Crippen molar-refractivity contribution < 1.29 is 23.4 Å². The molecule has 2 nitrogen and oxygen atoms in total. The molecule has 0 unspecified atom stereocenters. The van der Waals surface area contributed by atoms with Gasteiger partial charge in [-0.15, -0.1) is 0 Å². The molecule has 5 saturated carbocycles. The summed E-state index contributed by atoms with van der Waals surface area (Å²) in [6.45, 7) is 9.43. The number of aliphatic hydroxyl groups is 2. The summed E-state index contributed by atoms with van der Waals surface area (Å²) >= 11 is 0. The van der Waals surface area contributed by atoms with E-state index in [4.69, 9.17) is 0 Å². The lowest BCUT2D eigenvalue weighted by Crippen LogP contribution is -2.59. The van der Waals surface area contributed by atoms with Gasteiger partial charge < -0.3 is 10.2 Å². The lowest BCUT2D eigenvalue weighted by molar-refractivity contribution is -0.290. The second-order valence-corrected chi connectivity index (χ2v) is 15.4. The van der Waals surface area contributed by atoms with Gasteiger partial charge in [0.25, 0.3) is 0 Å². The predicted octanol–water partition coefficient (Wildman–Crippen LogP) is 8.69. The van der Waals surface area contributed by atoms with E-state index in [1.54, 1.807) is 0 Å². The Morgan fingerprint density at radius 2 is 1.46 bits per heavy atom. The Morgan fingerprint density at radius 3 is 2.11 bits per heavy atom. The molecule has 0 aliphatic heterocycles. The molecule has 0 radical (unpaired) electrons. The molecule has 5 heteroatoms. The Balaban J connectivity index is 1.19. The Labute approximate surface area is 223 Å². The van der Waals surface area contributed by atoms with Crippen molar-refractivity contribution in [2.45, 2.75) is 148 Å². The summed E-state index contributed by atoms with van der Waals surface area (Å²) in [7, 11) is 0. The predicted molar refractivity (Wildman–Crippen MR) is 142 cm³/mol. The molecule has 37 heavy (non-hydrogen) atoms. The molecule has 214 valence electrons. The molecule has 8 atom stereocenters. The van der Waals surface area contributed by atoms with Crippen LogP contribution < -0.4 is 0 Å². The van der Waals surface area contributed by atoms with Gasteiger partial charge in [-0.2, -0.15) is 13.2 Å². The monoisotopic (exact) mass is 526 g/mol. The standard InChI is InChI=1S/C32H53F3O2/c1-21(2)22-11-16-30(36,17-12-22)14-5-6-23-8-10-26-25-9-7-24-20-31(37,32(33,34)35)19-18-29(24,4)27(25)13-15-28(23,26)3/h21-27,36-37H,5-20H2,1-4H3/t22?,23-,24+,25+,26+,27+,28-,29+,30?,31+/m1/s1. The highest BCUT2D eigenvalue weighted by Gasteiger charge is 2.64. The largest absolute Gasteiger partial charge is 0.417 e. The number of halogens is 3. The third-order valence-electron chi connectivity index (χ3n) is 13.5. The summed E-state index contributed by atoms with van der Waals surface area (Å²) in [5.74, 6) is 4.05. The fraction of sp³-hybridized carbons (Fsp3) is 1.00. The van der Waals surface area contributed by atoms with E-state index in [9.17, 15) is 23.4 Å². The van der Waals surface area contributed by atoms with Crippen LogP contribution in [0.25, 0.3) is 0 Å². The van der Waals surface area contributed by atoms with Gasteiger partial charge in [-0.05, 0) is 149 Å². The molecular formula is C32H53F3O2. The normalized spacial score (nSPS) is 50.4. The molecule has 0 saturated heterocycles. The first-order valence-corrected chi connectivity index (χ1v) is 15.7. The third kappa shape index (κ3) is 4.82. The molecule has 5 aliphatic rings. The van der Waals surface area contributed by atoms with E-state index in [0.717, 1.165) is 62.7 Å². The average Bonchev–Trinajstić information content (AvgIpc) is 3.15. The minimum atomic E-state index is -4.52. The van der Waals surface area contributed by atoms with Crippen molar-refractivity contribution in [1.82, 2.24) is 0 Å². The summed E-state index contributed by atoms with van der Waals surface area (Å²) in [5.41, 5.74) is -2.64. The molecule has 5 aliphatic carbocycles. The number of fused-ring (bicyclic) bond motifs is 5. The van der Waals surface area contributed by atoms with E-state index in [-0.39, 0.29) is 24.2 Å². The molecule has 2 N–H and O–H groups in total. The summed E-state index contributed by atoms with van der Waals surface area (Å²) in [6, 6.07) is 0. The van der Waals surface area contributed by atoms with Gasteiger partial charge in [-0.1, -0.05) is 34.1 Å². The van der Waals surface area contributed by atoms with Gasteiger partial charge >= 0.3 is 6.18 Å². The molecular weight excluding hydrogens is 473 g/mol. The van der Waals surface area contributed by atoms with E-state index in [0.29, 0.717) is 29.6 Å². The van der Waals surface area contributed by atoms with Crippen LogP contribution >= 0.6 is 0 Å². The average molecular weight is 527 g/mol. The van der Waals surface area contributed by atoms with Crippen LogP contribution in [0, 0.1) is 52.3 Å². The Kier molecular flexibility index (Phi) is 7.38. The first-order valence-electron chi connectivity index (χ1n) is 15.7. The highest BCUT2D eigenvalue weighted by molar-refractivity contribution is 5.11. The molecule has 0 amide bonds. The first-order chi connectivity index (χ1) is 17.2. The zero-order chi connectivity index (χ0) is 26.9. The number of hydrogen-bond acceptors (Lipinski definition) is 2. The van der Waals surface area contributed by atoms with Gasteiger partial charge in [0.15, 0.2) is 5.60 Å². The van der Waals surface area contributed by atoms with Gasteiger partial charge in [0.1, 0.15) is 0 Å². The number of alkyl halides is 3. The fourth-order valence-electron chi connectivity index (χ4n) is 10.9. The zero-order valence-electron chi connectivity index (χ0n) is 23.9. The van der Waals surface area contributed by atoms with Crippen molar-refractivity contribution in [2.24, 2.45) is 52.3 Å². The van der Waals surface area contributed by atoms with Gasteiger partial charge in [-0.25, -0.2) is 0 Å². The van der Waals surface area contributed by atoms with Crippen LogP contribution in [-0.4, -0.2) is 27.6 Å². The second-order valence-electron chi connectivity index (χ2n) is 15.4. The number of rotatable bonds is 5. The maximum absolute atomic E-state index is 13.6. The highest BCUT2D eigenvalue weighted by atomic mass is 19.4. The molecule has 5 rings (SSSR count). The van der Waals surface area contributed by atoms with Crippen LogP contribution in [0.5, 0.6) is 0 Å². The smallest absolute Gasteiger partial charge is 0.390 e.